The van der Waals surface area contributed by atoms with Crippen molar-refractivity contribution in [1.29, 1.82) is 0 Å². The van der Waals surface area contributed by atoms with Crippen molar-refractivity contribution in [3.63, 3.8) is 0 Å². The monoisotopic (exact) mass is 178 g/mol. The van der Waals surface area contributed by atoms with Gasteiger partial charge in [0.25, 0.3) is 0 Å². The number of hydrogen-bond acceptors (Lipinski definition) is 3. The van der Waals surface area contributed by atoms with Crippen molar-refractivity contribution < 1.29 is 5.11 Å². The Morgan fingerprint density at radius 3 is 3.00 bits per heavy atom. The molecule has 0 radical (unpaired) electrons. The number of pyridine rings is 1. The summed E-state index contributed by atoms with van der Waals surface area (Å²) in [5.74, 6) is 0.618. The second-order valence-corrected chi connectivity index (χ2v) is 3.60. The minimum atomic E-state index is 0.0313. The van der Waals surface area contributed by atoms with Crippen LogP contribution in [0.1, 0.15) is 30.0 Å². The number of aromatic nitrogens is 1. The van der Waals surface area contributed by atoms with Gasteiger partial charge in [0.2, 0.25) is 0 Å². The van der Waals surface area contributed by atoms with Gasteiger partial charge >= 0.3 is 0 Å². The van der Waals surface area contributed by atoms with Crippen LogP contribution in [-0.4, -0.2) is 10.1 Å². The first-order valence-corrected chi connectivity index (χ1v) is 4.62. The first-order chi connectivity index (χ1) is 6.33. The third-order valence-electron chi connectivity index (χ3n) is 2.60. The highest BCUT2D eigenvalue weighted by molar-refractivity contribution is 5.27. The molecule has 13 heavy (non-hydrogen) atoms. The molecule has 0 spiro atoms. The van der Waals surface area contributed by atoms with Crippen molar-refractivity contribution in [1.82, 2.24) is 4.98 Å². The minimum Gasteiger partial charge on any atom is -0.392 e. The predicted molar refractivity (Wildman–Crippen MR) is 49.8 cm³/mol. The van der Waals surface area contributed by atoms with Crippen molar-refractivity contribution in [3.05, 3.63) is 29.6 Å². The summed E-state index contributed by atoms with van der Waals surface area (Å²) in [6.45, 7) is 0.0313. The Morgan fingerprint density at radius 1 is 1.62 bits per heavy atom. The molecule has 1 fully saturated rings. The second kappa shape index (κ2) is 3.44. The lowest BCUT2D eigenvalue weighted by molar-refractivity contribution is 0.279. The van der Waals surface area contributed by atoms with E-state index in [9.17, 15) is 0 Å². The smallest absolute Gasteiger partial charge is 0.0700 e. The molecule has 70 valence electrons. The molecule has 0 bridgehead atoms. The first-order valence-electron chi connectivity index (χ1n) is 4.62. The van der Waals surface area contributed by atoms with Gasteiger partial charge < -0.3 is 10.8 Å². The van der Waals surface area contributed by atoms with Gasteiger partial charge in [0.1, 0.15) is 0 Å². The summed E-state index contributed by atoms with van der Waals surface area (Å²) in [7, 11) is 0. The van der Waals surface area contributed by atoms with Crippen LogP contribution in [0.2, 0.25) is 0 Å². The summed E-state index contributed by atoms with van der Waals surface area (Å²) in [6.07, 6.45) is 5.86. The molecule has 1 atom stereocenters. The van der Waals surface area contributed by atoms with Crippen LogP contribution in [0.4, 0.5) is 0 Å². The lowest BCUT2D eigenvalue weighted by Crippen LogP contribution is -2.14. The number of hydrogen-bond donors (Lipinski definition) is 2. The molecule has 0 aromatic carbocycles. The topological polar surface area (TPSA) is 59.1 Å². The number of aliphatic hydroxyl groups excluding tert-OH is 1. The lowest BCUT2D eigenvalue weighted by atomic mass is 10.0. The molecular formula is C10H14N2O. The second-order valence-electron chi connectivity index (χ2n) is 3.60. The van der Waals surface area contributed by atoms with E-state index in [1.165, 1.54) is 12.8 Å². The van der Waals surface area contributed by atoms with Crippen molar-refractivity contribution in [3.8, 4) is 0 Å². The molecule has 3 nitrogen and oxygen atoms in total. The van der Waals surface area contributed by atoms with Crippen LogP contribution in [0.25, 0.3) is 0 Å². The lowest BCUT2D eigenvalue weighted by Gasteiger charge is -2.13. The number of aliphatic hydroxyl groups is 1. The fourth-order valence-corrected chi connectivity index (χ4v) is 1.60. The van der Waals surface area contributed by atoms with Gasteiger partial charge in [-0.05, 0) is 30.4 Å². The molecular weight excluding hydrogens is 164 g/mol. The van der Waals surface area contributed by atoms with Gasteiger partial charge in [-0.25, -0.2) is 0 Å². The Labute approximate surface area is 77.6 Å². The molecule has 2 rings (SSSR count). The molecule has 1 aromatic heterocycles. The van der Waals surface area contributed by atoms with Gasteiger partial charge in [0, 0.05) is 24.0 Å². The van der Waals surface area contributed by atoms with Crippen LogP contribution in [-0.2, 0) is 6.61 Å². The predicted octanol–water partition coefficient (Wildman–Crippen LogP) is 0.984. The number of rotatable bonds is 3. The standard InChI is InChI=1S/C10H14N2O/c11-10(7-1-2-7)9-3-4-12-5-8(9)6-13/h3-5,7,10,13H,1-2,6,11H2. The van der Waals surface area contributed by atoms with Crippen LogP contribution >= 0.6 is 0 Å². The zero-order chi connectivity index (χ0) is 9.26. The summed E-state index contributed by atoms with van der Waals surface area (Å²) < 4.78 is 0. The molecule has 0 amide bonds. The third kappa shape index (κ3) is 1.71. The van der Waals surface area contributed by atoms with Gasteiger partial charge in [0.15, 0.2) is 0 Å². The van der Waals surface area contributed by atoms with Gasteiger partial charge in [0.05, 0.1) is 6.61 Å². The highest BCUT2D eigenvalue weighted by atomic mass is 16.3. The van der Waals surface area contributed by atoms with E-state index in [1.54, 1.807) is 12.4 Å². The van der Waals surface area contributed by atoms with Gasteiger partial charge in [-0.1, -0.05) is 0 Å². The molecule has 1 aliphatic carbocycles. The van der Waals surface area contributed by atoms with E-state index in [2.05, 4.69) is 4.98 Å². The maximum absolute atomic E-state index is 9.07. The average Bonchev–Trinajstić information content (AvgIpc) is 3.00. The molecule has 1 heterocycles. The van der Waals surface area contributed by atoms with E-state index in [1.807, 2.05) is 6.07 Å². The molecule has 1 unspecified atom stereocenters. The van der Waals surface area contributed by atoms with Crippen molar-refractivity contribution >= 4 is 0 Å². The molecule has 0 saturated heterocycles. The van der Waals surface area contributed by atoms with Crippen LogP contribution in [0.3, 0.4) is 0 Å². The van der Waals surface area contributed by atoms with E-state index >= 15 is 0 Å². The normalized spacial score (nSPS) is 18.6. The summed E-state index contributed by atoms with van der Waals surface area (Å²) in [5, 5.41) is 9.07. The Kier molecular flexibility index (Phi) is 2.29. The van der Waals surface area contributed by atoms with Crippen molar-refractivity contribution in [2.75, 3.05) is 0 Å². The van der Waals surface area contributed by atoms with E-state index in [4.69, 9.17) is 10.8 Å². The molecule has 3 heteroatoms. The van der Waals surface area contributed by atoms with Gasteiger partial charge in [-0.2, -0.15) is 0 Å². The minimum absolute atomic E-state index is 0.0313. The summed E-state index contributed by atoms with van der Waals surface area (Å²) in [4.78, 5) is 3.96. The quantitative estimate of drug-likeness (QED) is 0.725. The molecule has 1 aliphatic rings. The maximum Gasteiger partial charge on any atom is 0.0700 e. The Balaban J connectivity index is 2.26. The molecule has 0 aliphatic heterocycles. The van der Waals surface area contributed by atoms with Gasteiger partial charge in [-0.15, -0.1) is 0 Å². The fourth-order valence-electron chi connectivity index (χ4n) is 1.60. The van der Waals surface area contributed by atoms with Crippen LogP contribution < -0.4 is 5.73 Å². The largest absolute Gasteiger partial charge is 0.392 e. The maximum atomic E-state index is 9.07. The van der Waals surface area contributed by atoms with Crippen molar-refractivity contribution in [2.24, 2.45) is 11.7 Å². The summed E-state index contributed by atoms with van der Waals surface area (Å²) in [6, 6.07) is 2.00. The van der Waals surface area contributed by atoms with Crippen LogP contribution in [0.15, 0.2) is 18.5 Å². The molecule has 3 N–H and O–H groups in total. The number of nitrogens with zero attached hydrogens (tertiary/aromatic N) is 1. The van der Waals surface area contributed by atoms with E-state index in [-0.39, 0.29) is 12.6 Å². The Morgan fingerprint density at radius 2 is 2.38 bits per heavy atom. The first kappa shape index (κ1) is 8.66. The summed E-state index contributed by atoms with van der Waals surface area (Å²) >= 11 is 0. The van der Waals surface area contributed by atoms with Gasteiger partial charge in [-0.3, -0.25) is 4.98 Å². The highest BCUT2D eigenvalue weighted by Gasteiger charge is 2.30. The zero-order valence-electron chi connectivity index (χ0n) is 7.48. The highest BCUT2D eigenvalue weighted by Crippen LogP contribution is 2.40. The third-order valence-corrected chi connectivity index (χ3v) is 2.60. The average molecular weight is 178 g/mol. The molecule has 1 saturated carbocycles. The van der Waals surface area contributed by atoms with Crippen molar-refractivity contribution in [2.45, 2.75) is 25.5 Å². The Hall–Kier alpha value is -0.930. The van der Waals surface area contributed by atoms with Crippen LogP contribution in [0, 0.1) is 5.92 Å². The molecule has 1 aromatic rings. The van der Waals surface area contributed by atoms with E-state index < -0.39 is 0 Å². The summed E-state index contributed by atoms with van der Waals surface area (Å²) in [5.41, 5.74) is 7.96. The van der Waals surface area contributed by atoms with E-state index in [0.717, 1.165) is 11.1 Å². The Bertz CT molecular complexity index is 297. The fraction of sp³-hybridized carbons (Fsp3) is 0.500. The number of nitrogens with two attached hydrogens (primary N) is 1. The van der Waals surface area contributed by atoms with Crippen LogP contribution in [0.5, 0.6) is 0 Å². The SMILES string of the molecule is NC(c1ccncc1CO)C1CC1. The van der Waals surface area contributed by atoms with E-state index in [0.29, 0.717) is 5.92 Å². The zero-order valence-corrected chi connectivity index (χ0v) is 7.48.